The number of carbonyl (C=O) groups excluding carboxylic acids is 1. The van der Waals surface area contributed by atoms with Crippen molar-refractivity contribution < 1.29 is 9.90 Å². The van der Waals surface area contributed by atoms with E-state index in [4.69, 9.17) is 12.2 Å². The minimum Gasteiger partial charge on any atom is -0.507 e. The number of para-hydroxylation sites is 1. The number of hydrazone groups is 1. The molecular formula is C10H9N3O2S. The Bertz CT molecular complexity index is 457. The monoisotopic (exact) mass is 235 g/mol. The first-order valence-electron chi connectivity index (χ1n) is 4.61. The van der Waals surface area contributed by atoms with Crippen molar-refractivity contribution in [3.63, 3.8) is 0 Å². The summed E-state index contributed by atoms with van der Waals surface area (Å²) in [6.07, 6.45) is 1.40. The largest absolute Gasteiger partial charge is 0.507 e. The van der Waals surface area contributed by atoms with Gasteiger partial charge in [0, 0.05) is 5.56 Å². The summed E-state index contributed by atoms with van der Waals surface area (Å²) in [5.41, 5.74) is 0.532. The molecule has 2 rings (SSSR count). The average molecular weight is 235 g/mol. The van der Waals surface area contributed by atoms with E-state index in [0.29, 0.717) is 5.56 Å². The Hall–Kier alpha value is -1.95. The van der Waals surface area contributed by atoms with Crippen molar-refractivity contribution in [2.24, 2.45) is 5.10 Å². The molecule has 5 nitrogen and oxygen atoms in total. The lowest BCUT2D eigenvalue weighted by Gasteiger charge is -2.06. The average Bonchev–Trinajstić information content (AvgIpc) is 2.58. The molecule has 0 bridgehead atoms. The first kappa shape index (κ1) is 10.6. The second kappa shape index (κ2) is 4.28. The van der Waals surface area contributed by atoms with Crippen molar-refractivity contribution >= 4 is 29.5 Å². The van der Waals surface area contributed by atoms with E-state index in [1.165, 1.54) is 6.21 Å². The molecule has 1 heterocycles. The molecule has 16 heavy (non-hydrogen) atoms. The number of nitrogens with zero attached hydrogens (tertiary/aromatic N) is 2. The van der Waals surface area contributed by atoms with Gasteiger partial charge in [0.1, 0.15) is 5.75 Å². The standard InChI is InChI=1S/C10H9N3O2S/c14-8-4-2-1-3-7(8)5-12-13-9(15)6-11-10(13)16/h1-5,14H,6H2,(H,11,16)/b12-5-. The maximum Gasteiger partial charge on any atom is 0.268 e. The molecule has 0 saturated carbocycles. The lowest BCUT2D eigenvalue weighted by atomic mass is 10.2. The van der Waals surface area contributed by atoms with Gasteiger partial charge in [0.25, 0.3) is 5.91 Å². The van der Waals surface area contributed by atoms with Crippen LogP contribution in [0.1, 0.15) is 5.56 Å². The van der Waals surface area contributed by atoms with Gasteiger partial charge in [0.15, 0.2) is 5.11 Å². The Morgan fingerprint density at radius 3 is 2.88 bits per heavy atom. The van der Waals surface area contributed by atoms with Crippen molar-refractivity contribution in [3.8, 4) is 5.75 Å². The van der Waals surface area contributed by atoms with E-state index < -0.39 is 0 Å². The molecular weight excluding hydrogens is 226 g/mol. The van der Waals surface area contributed by atoms with Crippen molar-refractivity contribution in [2.45, 2.75) is 0 Å². The minimum atomic E-state index is -0.211. The third-order valence-electron chi connectivity index (χ3n) is 2.07. The fourth-order valence-electron chi connectivity index (χ4n) is 1.25. The summed E-state index contributed by atoms with van der Waals surface area (Å²) in [4.78, 5) is 11.3. The quantitative estimate of drug-likeness (QED) is 0.577. The summed E-state index contributed by atoms with van der Waals surface area (Å²) in [5.74, 6) is -0.103. The van der Waals surface area contributed by atoms with E-state index in [9.17, 15) is 9.90 Å². The molecule has 1 aliphatic rings. The summed E-state index contributed by atoms with van der Waals surface area (Å²) >= 11 is 4.88. The summed E-state index contributed by atoms with van der Waals surface area (Å²) in [7, 11) is 0. The van der Waals surface area contributed by atoms with Crippen LogP contribution in [0, 0.1) is 0 Å². The van der Waals surface area contributed by atoms with Crippen molar-refractivity contribution in [3.05, 3.63) is 29.8 Å². The highest BCUT2D eigenvalue weighted by atomic mass is 32.1. The molecule has 82 valence electrons. The number of carbonyl (C=O) groups is 1. The number of benzene rings is 1. The van der Waals surface area contributed by atoms with Crippen LogP contribution >= 0.6 is 12.2 Å². The number of aromatic hydroxyl groups is 1. The fourth-order valence-corrected chi connectivity index (χ4v) is 1.47. The molecule has 0 atom stereocenters. The first-order chi connectivity index (χ1) is 7.68. The second-order valence-electron chi connectivity index (χ2n) is 3.17. The highest BCUT2D eigenvalue weighted by molar-refractivity contribution is 7.80. The number of thiocarbonyl (C=S) groups is 1. The van der Waals surface area contributed by atoms with Gasteiger partial charge in [-0.3, -0.25) is 4.79 Å². The number of rotatable bonds is 2. The first-order valence-corrected chi connectivity index (χ1v) is 5.02. The molecule has 1 aliphatic heterocycles. The van der Waals surface area contributed by atoms with E-state index in [0.717, 1.165) is 5.01 Å². The molecule has 0 unspecified atom stereocenters. The van der Waals surface area contributed by atoms with Gasteiger partial charge in [0.2, 0.25) is 0 Å². The Morgan fingerprint density at radius 1 is 1.50 bits per heavy atom. The number of hydrogen-bond donors (Lipinski definition) is 2. The fraction of sp³-hybridized carbons (Fsp3) is 0.100. The zero-order valence-electron chi connectivity index (χ0n) is 8.25. The van der Waals surface area contributed by atoms with Gasteiger partial charge in [-0.05, 0) is 24.4 Å². The predicted octanol–water partition coefficient (Wildman–Crippen LogP) is 0.443. The van der Waals surface area contributed by atoms with Crippen molar-refractivity contribution in [1.82, 2.24) is 10.3 Å². The molecule has 1 aromatic rings. The Labute approximate surface area is 97.4 Å². The van der Waals surface area contributed by atoms with Gasteiger partial charge >= 0.3 is 0 Å². The SMILES string of the molecule is O=C1CNC(=S)N1/N=C\c1ccccc1O. The van der Waals surface area contributed by atoms with Crippen LogP contribution in [-0.2, 0) is 4.79 Å². The molecule has 0 aliphatic carbocycles. The molecule has 1 saturated heterocycles. The number of amides is 1. The summed E-state index contributed by atoms with van der Waals surface area (Å²) in [5, 5.41) is 17.5. The van der Waals surface area contributed by atoms with E-state index in [-0.39, 0.29) is 23.3 Å². The third-order valence-corrected chi connectivity index (χ3v) is 2.39. The van der Waals surface area contributed by atoms with E-state index in [1.807, 2.05) is 0 Å². The molecule has 0 radical (unpaired) electrons. The lowest BCUT2D eigenvalue weighted by molar-refractivity contribution is -0.124. The molecule has 1 fully saturated rings. The third kappa shape index (κ3) is 2.01. The van der Waals surface area contributed by atoms with Crippen LogP contribution in [0.15, 0.2) is 29.4 Å². The van der Waals surface area contributed by atoms with Gasteiger partial charge in [-0.15, -0.1) is 0 Å². The molecule has 0 spiro atoms. The molecule has 1 aromatic carbocycles. The van der Waals surface area contributed by atoms with E-state index in [2.05, 4.69) is 10.4 Å². The van der Waals surface area contributed by atoms with Gasteiger partial charge in [-0.1, -0.05) is 12.1 Å². The Kier molecular flexibility index (Phi) is 2.82. The summed E-state index contributed by atoms with van der Waals surface area (Å²) in [6.45, 7) is 0.164. The van der Waals surface area contributed by atoms with Crippen LogP contribution in [0.4, 0.5) is 0 Å². The van der Waals surface area contributed by atoms with Crippen molar-refractivity contribution in [1.29, 1.82) is 0 Å². The van der Waals surface area contributed by atoms with Gasteiger partial charge in [-0.2, -0.15) is 10.1 Å². The predicted molar refractivity (Wildman–Crippen MR) is 63.1 cm³/mol. The number of hydrogen-bond acceptors (Lipinski definition) is 4. The van der Waals surface area contributed by atoms with Crippen molar-refractivity contribution in [2.75, 3.05) is 6.54 Å². The Morgan fingerprint density at radius 2 is 2.25 bits per heavy atom. The Balaban J connectivity index is 2.18. The van der Waals surface area contributed by atoms with Crippen LogP contribution in [-0.4, -0.2) is 33.9 Å². The zero-order chi connectivity index (χ0) is 11.5. The van der Waals surface area contributed by atoms with E-state index in [1.54, 1.807) is 24.3 Å². The summed E-state index contributed by atoms with van der Waals surface area (Å²) in [6, 6.07) is 6.71. The van der Waals surface area contributed by atoms with Crippen LogP contribution in [0.3, 0.4) is 0 Å². The topological polar surface area (TPSA) is 64.9 Å². The highest BCUT2D eigenvalue weighted by Crippen LogP contribution is 2.13. The second-order valence-corrected chi connectivity index (χ2v) is 3.55. The van der Waals surface area contributed by atoms with Crippen LogP contribution < -0.4 is 5.32 Å². The van der Waals surface area contributed by atoms with Crippen LogP contribution in [0.2, 0.25) is 0 Å². The smallest absolute Gasteiger partial charge is 0.268 e. The molecule has 2 N–H and O–H groups in total. The lowest BCUT2D eigenvalue weighted by Crippen LogP contribution is -2.25. The normalized spacial score (nSPS) is 15.9. The van der Waals surface area contributed by atoms with Crippen LogP contribution in [0.25, 0.3) is 0 Å². The van der Waals surface area contributed by atoms with Gasteiger partial charge < -0.3 is 10.4 Å². The van der Waals surface area contributed by atoms with Crippen LogP contribution in [0.5, 0.6) is 5.75 Å². The molecule has 1 amide bonds. The van der Waals surface area contributed by atoms with Gasteiger partial charge in [0.05, 0.1) is 12.8 Å². The molecule has 6 heteroatoms. The van der Waals surface area contributed by atoms with E-state index >= 15 is 0 Å². The number of phenolic OH excluding ortho intramolecular Hbond substituents is 1. The molecule has 0 aromatic heterocycles. The zero-order valence-corrected chi connectivity index (χ0v) is 9.07. The van der Waals surface area contributed by atoms with Gasteiger partial charge in [-0.25, -0.2) is 0 Å². The minimum absolute atomic E-state index is 0.108. The highest BCUT2D eigenvalue weighted by Gasteiger charge is 2.24. The maximum absolute atomic E-state index is 11.3. The summed E-state index contributed by atoms with van der Waals surface area (Å²) < 4.78 is 0. The maximum atomic E-state index is 11.3. The number of phenols is 1. The number of nitrogens with one attached hydrogen (secondary N) is 1.